The van der Waals surface area contributed by atoms with Gasteiger partial charge in [0.1, 0.15) is 5.56 Å². The van der Waals surface area contributed by atoms with Gasteiger partial charge in [0.2, 0.25) is 5.88 Å². The molecule has 1 amide bonds. The number of nitrogens with one attached hydrogen (secondary N) is 1. The molecule has 3 aromatic heterocycles. The molecule has 3 heterocycles. The maximum atomic E-state index is 12.2. The van der Waals surface area contributed by atoms with E-state index in [2.05, 4.69) is 39.4 Å². The van der Waals surface area contributed by atoms with Gasteiger partial charge >= 0.3 is 0 Å². The first-order valence-corrected chi connectivity index (χ1v) is 8.90. The van der Waals surface area contributed by atoms with E-state index < -0.39 is 0 Å². The summed E-state index contributed by atoms with van der Waals surface area (Å²) in [6.45, 7) is 0.584. The van der Waals surface area contributed by atoms with Crippen LogP contribution in [0.5, 0.6) is 5.88 Å². The van der Waals surface area contributed by atoms with Crippen molar-refractivity contribution in [1.82, 2.24) is 15.1 Å². The minimum Gasteiger partial charge on any atom is -0.479 e. The van der Waals surface area contributed by atoms with Crippen LogP contribution in [0, 0.1) is 0 Å². The first-order chi connectivity index (χ1) is 11.2. The summed E-state index contributed by atoms with van der Waals surface area (Å²) in [5.41, 5.74) is 1.72. The van der Waals surface area contributed by atoms with Gasteiger partial charge in [-0.15, -0.1) is 16.4 Å². The Morgan fingerprint density at radius 3 is 3.00 bits per heavy atom. The van der Waals surface area contributed by atoms with Crippen LogP contribution >= 0.6 is 22.7 Å². The summed E-state index contributed by atoms with van der Waals surface area (Å²) in [5, 5.41) is 11.2. The number of aromatic nitrogens is 2. The first-order valence-electron chi connectivity index (χ1n) is 7.14. The van der Waals surface area contributed by atoms with Crippen LogP contribution in [0.25, 0.3) is 10.4 Å². The molecule has 7 heteroatoms. The minimum atomic E-state index is -0.162. The Balaban J connectivity index is 1.56. The van der Waals surface area contributed by atoms with Crippen molar-refractivity contribution in [3.8, 4) is 16.3 Å². The highest BCUT2D eigenvalue weighted by atomic mass is 32.1. The summed E-state index contributed by atoms with van der Waals surface area (Å²) < 4.78 is 6.68. The lowest BCUT2D eigenvalue weighted by atomic mass is 10.2. The summed E-state index contributed by atoms with van der Waals surface area (Å²) >= 11 is 3.46. The first kappa shape index (κ1) is 15.8. The normalized spacial score (nSPS) is 10.7. The van der Waals surface area contributed by atoms with E-state index >= 15 is 0 Å². The van der Waals surface area contributed by atoms with Gasteiger partial charge < -0.3 is 10.1 Å². The fourth-order valence-corrected chi connectivity index (χ4v) is 3.98. The highest BCUT2D eigenvalue weighted by Gasteiger charge is 2.15. The van der Waals surface area contributed by atoms with Crippen molar-refractivity contribution in [1.29, 1.82) is 0 Å². The summed E-state index contributed by atoms with van der Waals surface area (Å²) in [6.07, 6.45) is 2.47. The molecule has 0 saturated carbocycles. The Bertz CT molecular complexity index is 790. The van der Waals surface area contributed by atoms with Crippen LogP contribution in [0.2, 0.25) is 0 Å². The highest BCUT2D eigenvalue weighted by molar-refractivity contribution is 7.16. The molecule has 0 unspecified atom stereocenters. The average molecular weight is 347 g/mol. The number of hydrogen-bond donors (Lipinski definition) is 1. The van der Waals surface area contributed by atoms with Crippen molar-refractivity contribution in [2.75, 3.05) is 13.7 Å². The van der Waals surface area contributed by atoms with E-state index in [9.17, 15) is 4.79 Å². The van der Waals surface area contributed by atoms with Gasteiger partial charge in [-0.05, 0) is 35.4 Å². The van der Waals surface area contributed by atoms with E-state index in [0.717, 1.165) is 6.42 Å². The summed E-state index contributed by atoms with van der Waals surface area (Å²) in [5.74, 6) is 0.186. The Morgan fingerprint density at radius 2 is 2.26 bits per heavy atom. The van der Waals surface area contributed by atoms with Crippen molar-refractivity contribution in [2.24, 2.45) is 7.05 Å². The zero-order valence-electron chi connectivity index (χ0n) is 12.9. The number of hydrogen-bond acceptors (Lipinski definition) is 5. The van der Waals surface area contributed by atoms with Crippen LogP contribution in [0.15, 0.2) is 35.2 Å². The third-order valence-electron chi connectivity index (χ3n) is 3.36. The molecule has 0 radical (unpaired) electrons. The summed E-state index contributed by atoms with van der Waals surface area (Å²) in [4.78, 5) is 14.7. The fraction of sp³-hybridized carbons (Fsp3) is 0.250. The second kappa shape index (κ2) is 6.97. The van der Waals surface area contributed by atoms with Gasteiger partial charge in [0, 0.05) is 35.1 Å². The second-order valence-electron chi connectivity index (χ2n) is 5.01. The van der Waals surface area contributed by atoms with Gasteiger partial charge in [-0.25, -0.2) is 0 Å². The van der Waals surface area contributed by atoms with Crippen LogP contribution in [-0.2, 0) is 13.5 Å². The molecule has 0 aliphatic heterocycles. The third-order valence-corrected chi connectivity index (χ3v) is 5.23. The van der Waals surface area contributed by atoms with E-state index in [1.54, 1.807) is 40.6 Å². The molecular weight excluding hydrogens is 330 g/mol. The van der Waals surface area contributed by atoms with Crippen LogP contribution in [0.3, 0.4) is 0 Å². The number of ether oxygens (including phenoxy) is 1. The molecule has 0 saturated heterocycles. The second-order valence-corrected chi connectivity index (χ2v) is 6.96. The number of aryl methyl sites for hydroxylation is 1. The number of nitrogens with zero attached hydrogens (tertiary/aromatic N) is 2. The van der Waals surface area contributed by atoms with E-state index in [1.807, 2.05) is 0 Å². The fourth-order valence-electron chi connectivity index (χ4n) is 2.24. The van der Waals surface area contributed by atoms with Crippen molar-refractivity contribution < 1.29 is 9.53 Å². The molecule has 3 aromatic rings. The molecule has 120 valence electrons. The van der Waals surface area contributed by atoms with Crippen LogP contribution < -0.4 is 10.1 Å². The topological polar surface area (TPSA) is 56.2 Å². The Kier molecular flexibility index (Phi) is 4.78. The zero-order valence-corrected chi connectivity index (χ0v) is 14.5. The van der Waals surface area contributed by atoms with Crippen LogP contribution in [0.4, 0.5) is 0 Å². The van der Waals surface area contributed by atoms with E-state index in [0.29, 0.717) is 18.0 Å². The predicted octanol–water partition coefficient (Wildman–Crippen LogP) is 3.19. The smallest absolute Gasteiger partial charge is 0.258 e. The molecular formula is C16H17N3O2S2. The van der Waals surface area contributed by atoms with Crippen molar-refractivity contribution in [3.63, 3.8) is 0 Å². The molecule has 23 heavy (non-hydrogen) atoms. The average Bonchev–Trinajstić information content (AvgIpc) is 3.26. The monoisotopic (exact) mass is 347 g/mol. The molecule has 3 rings (SSSR count). The van der Waals surface area contributed by atoms with Gasteiger partial charge in [0.25, 0.3) is 5.91 Å². The standard InChI is InChI=1S/C16H17N3O2S2/c1-19-9-13(16(18-19)21-2)15(20)17-7-5-12-3-4-14(23-12)11-6-8-22-10-11/h3-4,6,8-10H,5,7H2,1-2H3,(H,17,20). The molecule has 5 nitrogen and oxygen atoms in total. The maximum Gasteiger partial charge on any atom is 0.258 e. The molecule has 0 aliphatic carbocycles. The molecule has 1 N–H and O–H groups in total. The summed E-state index contributed by atoms with van der Waals surface area (Å²) in [7, 11) is 3.27. The lowest BCUT2D eigenvalue weighted by molar-refractivity contribution is 0.0951. The van der Waals surface area contributed by atoms with Crippen LogP contribution in [-0.4, -0.2) is 29.3 Å². The number of carbonyl (C=O) groups is 1. The van der Waals surface area contributed by atoms with E-state index in [1.165, 1.54) is 22.4 Å². The molecule has 0 aliphatic rings. The predicted molar refractivity (Wildman–Crippen MR) is 93.4 cm³/mol. The maximum absolute atomic E-state index is 12.2. The number of carbonyl (C=O) groups excluding carboxylic acids is 1. The number of methoxy groups -OCH3 is 1. The van der Waals surface area contributed by atoms with Gasteiger partial charge in [-0.3, -0.25) is 9.48 Å². The number of thiophene rings is 2. The van der Waals surface area contributed by atoms with E-state index in [-0.39, 0.29) is 5.91 Å². The van der Waals surface area contributed by atoms with Crippen molar-refractivity contribution in [3.05, 3.63) is 45.6 Å². The number of amides is 1. The highest BCUT2D eigenvalue weighted by Crippen LogP contribution is 2.29. The van der Waals surface area contributed by atoms with Gasteiger partial charge in [-0.1, -0.05) is 0 Å². The Hall–Kier alpha value is -2.12. The van der Waals surface area contributed by atoms with Gasteiger partial charge in [0.05, 0.1) is 7.11 Å². The molecule has 0 fully saturated rings. The van der Waals surface area contributed by atoms with Crippen molar-refractivity contribution in [2.45, 2.75) is 6.42 Å². The van der Waals surface area contributed by atoms with Gasteiger partial charge in [0.15, 0.2) is 0 Å². The van der Waals surface area contributed by atoms with Crippen molar-refractivity contribution >= 4 is 28.6 Å². The van der Waals surface area contributed by atoms with Gasteiger partial charge in [-0.2, -0.15) is 11.3 Å². The molecule has 0 atom stereocenters. The zero-order chi connectivity index (χ0) is 16.2. The summed E-state index contributed by atoms with van der Waals surface area (Å²) in [6, 6.07) is 6.37. The lowest BCUT2D eigenvalue weighted by Crippen LogP contribution is -2.25. The largest absolute Gasteiger partial charge is 0.479 e. The van der Waals surface area contributed by atoms with Crippen LogP contribution in [0.1, 0.15) is 15.2 Å². The molecule has 0 aromatic carbocycles. The molecule has 0 spiro atoms. The van der Waals surface area contributed by atoms with E-state index in [4.69, 9.17) is 4.74 Å². The molecule has 0 bridgehead atoms. The lowest BCUT2D eigenvalue weighted by Gasteiger charge is -2.03. The SMILES string of the molecule is COc1nn(C)cc1C(=O)NCCc1ccc(-c2ccsc2)s1. The Labute approximate surface area is 142 Å². The Morgan fingerprint density at radius 1 is 1.39 bits per heavy atom. The third kappa shape index (κ3) is 3.62. The quantitative estimate of drug-likeness (QED) is 0.745. The number of rotatable bonds is 6. The minimum absolute atomic E-state index is 0.162.